The van der Waals surface area contributed by atoms with Crippen LogP contribution in [0.1, 0.15) is 16.1 Å². The molecule has 2 aromatic carbocycles. The van der Waals surface area contributed by atoms with Gasteiger partial charge >= 0.3 is 5.97 Å². The molecule has 1 aromatic heterocycles. The molecule has 3 aromatic rings. The molecule has 0 saturated carbocycles. The maximum Gasteiger partial charge on any atom is 0.352 e. The van der Waals surface area contributed by atoms with Crippen LogP contribution in [0.3, 0.4) is 0 Å². The van der Waals surface area contributed by atoms with Gasteiger partial charge in [-0.2, -0.15) is 4.81 Å². The number of aryl methyl sites for hydroxylation is 1. The largest absolute Gasteiger partial charge is 0.593 e. The Hall–Kier alpha value is -2.67. The van der Waals surface area contributed by atoms with Gasteiger partial charge in [0.25, 0.3) is 0 Å². The van der Waals surface area contributed by atoms with Crippen LogP contribution < -0.4 is 4.81 Å². The van der Waals surface area contributed by atoms with Crippen LogP contribution in [0.4, 0.5) is 5.69 Å². The monoisotopic (exact) mass is 312 g/mol. The molecule has 0 aliphatic carbocycles. The van der Waals surface area contributed by atoms with Crippen molar-refractivity contribution in [3.8, 4) is 11.1 Å². The van der Waals surface area contributed by atoms with Gasteiger partial charge in [0.15, 0.2) is 5.69 Å². The van der Waals surface area contributed by atoms with Crippen LogP contribution in [-0.2, 0) is 0 Å². The second kappa shape index (κ2) is 5.20. The second-order valence-corrected chi connectivity index (χ2v) is 5.61. The van der Waals surface area contributed by atoms with Crippen molar-refractivity contribution in [2.24, 2.45) is 0 Å². The van der Waals surface area contributed by atoms with E-state index in [9.17, 15) is 20.3 Å². The van der Waals surface area contributed by atoms with E-state index >= 15 is 0 Å². The Kier molecular flexibility index (Phi) is 3.45. The fourth-order valence-corrected chi connectivity index (χ4v) is 2.74. The molecule has 0 radical (unpaired) electrons. The highest BCUT2D eigenvalue weighted by molar-refractivity contribution is 6.08. The van der Waals surface area contributed by atoms with Gasteiger partial charge in [-0.25, -0.2) is 10.0 Å². The number of carboxylic acid groups (broad SMARTS) is 1. The van der Waals surface area contributed by atoms with Crippen molar-refractivity contribution >= 4 is 22.6 Å². The molecule has 0 amide bonds. The average Bonchev–Trinajstić information content (AvgIpc) is 2.88. The van der Waals surface area contributed by atoms with E-state index in [1.165, 1.54) is 12.1 Å². The molecule has 118 valence electrons. The number of carbonyl (C=O) groups is 1. The highest BCUT2D eigenvalue weighted by Crippen LogP contribution is 2.35. The minimum atomic E-state index is -1.57. The number of hydroxylamine groups is 2. The molecule has 0 spiro atoms. The van der Waals surface area contributed by atoms with Gasteiger partial charge in [0, 0.05) is 28.6 Å². The molecule has 0 aliphatic rings. The molecule has 6 heteroatoms. The van der Waals surface area contributed by atoms with Crippen LogP contribution in [-0.4, -0.2) is 28.3 Å². The van der Waals surface area contributed by atoms with E-state index in [1.54, 1.807) is 12.1 Å². The van der Waals surface area contributed by atoms with Gasteiger partial charge in [-0.05, 0) is 18.1 Å². The number of hydrogen-bond acceptors (Lipinski definition) is 3. The van der Waals surface area contributed by atoms with Gasteiger partial charge < -0.3 is 15.3 Å². The maximum absolute atomic E-state index is 11.7. The van der Waals surface area contributed by atoms with E-state index in [0.29, 0.717) is 11.1 Å². The molecule has 0 aliphatic heterocycles. The van der Waals surface area contributed by atoms with Crippen LogP contribution in [0, 0.1) is 12.1 Å². The van der Waals surface area contributed by atoms with Crippen molar-refractivity contribution in [2.75, 3.05) is 7.05 Å². The number of quaternary nitrogens is 1. The number of nitrogens with zero attached hydrogens (tertiary/aromatic N) is 1. The number of aromatic nitrogens is 1. The fourth-order valence-electron chi connectivity index (χ4n) is 2.74. The summed E-state index contributed by atoms with van der Waals surface area (Å²) in [5.41, 5.74) is 2.93. The van der Waals surface area contributed by atoms with E-state index in [-0.39, 0.29) is 11.4 Å². The number of aromatic carboxylic acids is 1. The lowest BCUT2D eigenvalue weighted by atomic mass is 10.00. The first-order valence-electron chi connectivity index (χ1n) is 7.05. The molecule has 3 rings (SSSR count). The first-order chi connectivity index (χ1) is 10.8. The van der Waals surface area contributed by atoms with Crippen LogP contribution in [0.15, 0.2) is 42.5 Å². The third kappa shape index (κ3) is 2.59. The standard InChI is InChI=1S/C17H16N2O4/c1-10-5-3-8-13-14(16(17(20)21)18-15(10)13)11-6-4-7-12(9-11)19(2,22)23/h3-9,18,22H,1-2H3,(H,20,21). The molecular formula is C17H16N2O4. The highest BCUT2D eigenvalue weighted by atomic mass is 16.8. The number of fused-ring (bicyclic) bond motifs is 1. The summed E-state index contributed by atoms with van der Waals surface area (Å²) in [6.45, 7) is 1.89. The SMILES string of the molecule is Cc1cccc2c(-c3cccc([N+](C)([O-])O)c3)c(C(=O)O)[nH]c12. The predicted octanol–water partition coefficient (Wildman–Crippen LogP) is 3.67. The summed E-state index contributed by atoms with van der Waals surface area (Å²) in [5.74, 6) is -1.08. The van der Waals surface area contributed by atoms with Crippen molar-refractivity contribution in [2.45, 2.75) is 6.92 Å². The molecular weight excluding hydrogens is 296 g/mol. The number of para-hydroxylation sites is 1. The molecule has 0 fully saturated rings. The van der Waals surface area contributed by atoms with E-state index < -0.39 is 10.8 Å². The summed E-state index contributed by atoms with van der Waals surface area (Å²) in [4.78, 5) is 13.0. The minimum Gasteiger partial charge on any atom is -0.593 e. The van der Waals surface area contributed by atoms with Gasteiger partial charge in [0.2, 0.25) is 0 Å². The first-order valence-corrected chi connectivity index (χ1v) is 7.05. The lowest BCUT2D eigenvalue weighted by Crippen LogP contribution is -2.33. The van der Waals surface area contributed by atoms with Gasteiger partial charge in [-0.15, -0.1) is 0 Å². The van der Waals surface area contributed by atoms with Crippen LogP contribution in [0.2, 0.25) is 0 Å². The second-order valence-electron chi connectivity index (χ2n) is 5.61. The van der Waals surface area contributed by atoms with E-state index in [1.807, 2.05) is 25.1 Å². The summed E-state index contributed by atoms with van der Waals surface area (Å²) in [7, 11) is 1.09. The van der Waals surface area contributed by atoms with Gasteiger partial charge in [-0.3, -0.25) is 0 Å². The lowest BCUT2D eigenvalue weighted by Gasteiger charge is -2.28. The third-order valence-electron chi connectivity index (χ3n) is 3.87. The average molecular weight is 312 g/mol. The van der Waals surface area contributed by atoms with Gasteiger partial charge in [0.1, 0.15) is 12.7 Å². The van der Waals surface area contributed by atoms with E-state index in [4.69, 9.17) is 0 Å². The summed E-state index contributed by atoms with van der Waals surface area (Å²) in [5, 5.41) is 31.6. The number of rotatable bonds is 3. The summed E-state index contributed by atoms with van der Waals surface area (Å²) in [6.07, 6.45) is 0. The van der Waals surface area contributed by atoms with Crippen LogP contribution >= 0.6 is 0 Å². The first kappa shape index (κ1) is 15.2. The number of hydrogen-bond donors (Lipinski definition) is 3. The summed E-state index contributed by atoms with van der Waals surface area (Å²) in [6, 6.07) is 11.9. The lowest BCUT2D eigenvalue weighted by molar-refractivity contribution is -0.00437. The molecule has 1 heterocycles. The molecule has 1 unspecified atom stereocenters. The zero-order valence-corrected chi connectivity index (χ0v) is 12.7. The van der Waals surface area contributed by atoms with Gasteiger partial charge in [0.05, 0.1) is 0 Å². The van der Waals surface area contributed by atoms with Crippen LogP contribution in [0.25, 0.3) is 22.0 Å². The van der Waals surface area contributed by atoms with Crippen LogP contribution in [0.5, 0.6) is 0 Å². The summed E-state index contributed by atoms with van der Waals surface area (Å²) < 4.78 is 0. The smallest absolute Gasteiger partial charge is 0.352 e. The molecule has 6 nitrogen and oxygen atoms in total. The topological polar surface area (TPSA) is 96.4 Å². The molecule has 3 N–H and O–H groups in total. The van der Waals surface area contributed by atoms with Crippen molar-refractivity contribution < 1.29 is 15.1 Å². The minimum absolute atomic E-state index is 0.0597. The zero-order valence-electron chi connectivity index (χ0n) is 12.7. The normalized spacial score (nSPS) is 13.9. The van der Waals surface area contributed by atoms with Crippen molar-refractivity contribution in [3.63, 3.8) is 0 Å². The van der Waals surface area contributed by atoms with Crippen molar-refractivity contribution in [1.82, 2.24) is 9.79 Å². The number of nitrogens with one attached hydrogen (secondary N) is 1. The Labute approximate surface area is 132 Å². The Morgan fingerprint density at radius 2 is 1.91 bits per heavy atom. The predicted molar refractivity (Wildman–Crippen MR) is 88.3 cm³/mol. The molecule has 1 atom stereocenters. The van der Waals surface area contributed by atoms with E-state index in [0.717, 1.165) is 23.5 Å². The highest BCUT2D eigenvalue weighted by Gasteiger charge is 2.21. The quantitative estimate of drug-likeness (QED) is 0.508. The molecule has 0 saturated heterocycles. The Balaban J connectivity index is 2.33. The van der Waals surface area contributed by atoms with Gasteiger partial charge in [-0.1, -0.05) is 30.3 Å². The Bertz CT molecular complexity index is 907. The molecule has 23 heavy (non-hydrogen) atoms. The van der Waals surface area contributed by atoms with Crippen molar-refractivity contribution in [3.05, 3.63) is 58.9 Å². The third-order valence-corrected chi connectivity index (χ3v) is 3.87. The fraction of sp³-hybridized carbons (Fsp3) is 0.118. The summed E-state index contributed by atoms with van der Waals surface area (Å²) >= 11 is 0. The number of benzene rings is 2. The Morgan fingerprint density at radius 3 is 2.57 bits per heavy atom. The number of aromatic amines is 1. The molecule has 0 bridgehead atoms. The Morgan fingerprint density at radius 1 is 1.22 bits per heavy atom. The number of H-pyrrole nitrogens is 1. The maximum atomic E-state index is 11.7. The zero-order chi connectivity index (χ0) is 16.8. The number of carboxylic acids is 1. The van der Waals surface area contributed by atoms with E-state index in [2.05, 4.69) is 4.98 Å². The van der Waals surface area contributed by atoms with Crippen molar-refractivity contribution in [1.29, 1.82) is 0 Å².